The van der Waals surface area contributed by atoms with Gasteiger partial charge in [0, 0.05) is 33.2 Å². The summed E-state index contributed by atoms with van der Waals surface area (Å²) in [4.78, 5) is 0. The first-order valence-corrected chi connectivity index (χ1v) is 4.55. The van der Waals surface area contributed by atoms with Gasteiger partial charge in [-0.05, 0) is 7.05 Å². The molecule has 0 aromatic rings. The van der Waals surface area contributed by atoms with Crippen LogP contribution in [0.15, 0.2) is 0 Å². The van der Waals surface area contributed by atoms with Crippen LogP contribution in [0.5, 0.6) is 0 Å². The maximum absolute atomic E-state index is 5.54. The third-order valence-corrected chi connectivity index (χ3v) is 2.73. The molecule has 0 aromatic carbocycles. The monoisotopic (exact) mass is 183 g/mol. The number of terminal acetylenes is 1. The van der Waals surface area contributed by atoms with E-state index in [4.69, 9.17) is 15.9 Å². The Balaban J connectivity index is 2.72. The van der Waals surface area contributed by atoms with Crippen molar-refractivity contribution in [1.82, 2.24) is 5.32 Å². The highest BCUT2D eigenvalue weighted by atomic mass is 16.5. The van der Waals surface area contributed by atoms with Crippen LogP contribution in [-0.2, 0) is 9.47 Å². The summed E-state index contributed by atoms with van der Waals surface area (Å²) in [5, 5.41) is 3.10. The van der Waals surface area contributed by atoms with E-state index in [9.17, 15) is 0 Å². The van der Waals surface area contributed by atoms with Crippen LogP contribution >= 0.6 is 0 Å². The van der Waals surface area contributed by atoms with Crippen molar-refractivity contribution in [2.24, 2.45) is 0 Å². The van der Waals surface area contributed by atoms with Gasteiger partial charge in [0.05, 0.1) is 11.6 Å². The van der Waals surface area contributed by atoms with Crippen molar-refractivity contribution in [3.63, 3.8) is 0 Å². The molecule has 0 aromatic heterocycles. The molecule has 3 nitrogen and oxygen atoms in total. The van der Waals surface area contributed by atoms with Crippen molar-refractivity contribution in [2.75, 3.05) is 27.4 Å². The summed E-state index contributed by atoms with van der Waals surface area (Å²) in [6, 6.07) is -0.0265. The van der Waals surface area contributed by atoms with Crippen molar-refractivity contribution < 1.29 is 9.47 Å². The molecule has 0 saturated carbocycles. The van der Waals surface area contributed by atoms with Crippen molar-refractivity contribution in [2.45, 2.75) is 24.5 Å². The number of nitrogens with one attached hydrogen (secondary N) is 1. The van der Waals surface area contributed by atoms with Crippen molar-refractivity contribution in [1.29, 1.82) is 0 Å². The predicted molar refractivity (Wildman–Crippen MR) is 51.5 cm³/mol. The summed E-state index contributed by atoms with van der Waals surface area (Å²) in [6.07, 6.45) is 7.16. The molecule has 1 atom stereocenters. The largest absolute Gasteiger partial charge is 0.381 e. The topological polar surface area (TPSA) is 30.5 Å². The van der Waals surface area contributed by atoms with Crippen LogP contribution in [0.4, 0.5) is 0 Å². The van der Waals surface area contributed by atoms with E-state index in [1.165, 1.54) is 0 Å². The second kappa shape index (κ2) is 4.61. The highest BCUT2D eigenvalue weighted by Gasteiger charge is 2.38. The van der Waals surface area contributed by atoms with Gasteiger partial charge >= 0.3 is 0 Å². The molecule has 1 heterocycles. The zero-order chi connectivity index (χ0) is 9.73. The molecule has 13 heavy (non-hydrogen) atoms. The lowest BCUT2D eigenvalue weighted by Gasteiger charge is -2.39. The molecule has 3 heteroatoms. The molecular weight excluding hydrogens is 166 g/mol. The Hall–Kier alpha value is -0.560. The van der Waals surface area contributed by atoms with Crippen LogP contribution in [0.2, 0.25) is 0 Å². The molecular formula is C10H17NO2. The second-order valence-electron chi connectivity index (χ2n) is 3.27. The first-order valence-electron chi connectivity index (χ1n) is 4.55. The molecule has 1 fully saturated rings. The Kier molecular flexibility index (Phi) is 3.73. The van der Waals surface area contributed by atoms with Crippen LogP contribution in [0, 0.1) is 12.3 Å². The number of methoxy groups -OCH3 is 1. The standard InChI is InChI=1S/C10H17NO2/c1-4-9(11-2)10(12-3)5-7-13-8-6-10/h1,9,11H,5-8H2,2-3H3. The molecule has 1 unspecified atom stereocenters. The summed E-state index contributed by atoms with van der Waals surface area (Å²) in [6.45, 7) is 1.46. The second-order valence-corrected chi connectivity index (χ2v) is 3.27. The minimum absolute atomic E-state index is 0.0265. The molecule has 0 radical (unpaired) electrons. The van der Waals surface area contributed by atoms with Crippen LogP contribution in [-0.4, -0.2) is 39.0 Å². The van der Waals surface area contributed by atoms with Gasteiger partial charge in [0.25, 0.3) is 0 Å². The molecule has 1 N–H and O–H groups in total. The van der Waals surface area contributed by atoms with E-state index in [2.05, 4.69) is 11.2 Å². The van der Waals surface area contributed by atoms with E-state index in [1.54, 1.807) is 7.11 Å². The SMILES string of the molecule is C#CC(NC)C1(OC)CCOCC1. The lowest BCUT2D eigenvalue weighted by atomic mass is 9.86. The maximum atomic E-state index is 5.54. The fourth-order valence-electron chi connectivity index (χ4n) is 1.83. The summed E-state index contributed by atoms with van der Waals surface area (Å²) >= 11 is 0. The first-order chi connectivity index (χ1) is 6.29. The van der Waals surface area contributed by atoms with E-state index in [0.717, 1.165) is 26.1 Å². The molecule has 1 aliphatic heterocycles. The van der Waals surface area contributed by atoms with Gasteiger partial charge < -0.3 is 14.8 Å². The molecule has 1 aliphatic rings. The third kappa shape index (κ3) is 2.02. The van der Waals surface area contributed by atoms with Gasteiger partial charge in [-0.2, -0.15) is 0 Å². The number of hydrogen-bond donors (Lipinski definition) is 1. The zero-order valence-electron chi connectivity index (χ0n) is 8.30. The third-order valence-electron chi connectivity index (χ3n) is 2.73. The Labute approximate surface area is 79.8 Å². The zero-order valence-corrected chi connectivity index (χ0v) is 8.30. The van der Waals surface area contributed by atoms with Gasteiger partial charge in [0.2, 0.25) is 0 Å². The van der Waals surface area contributed by atoms with E-state index in [1.807, 2.05) is 7.05 Å². The molecule has 1 saturated heterocycles. The Morgan fingerprint density at radius 3 is 2.54 bits per heavy atom. The summed E-state index contributed by atoms with van der Waals surface area (Å²) < 4.78 is 10.8. The average Bonchev–Trinajstić information content (AvgIpc) is 2.21. The highest BCUT2D eigenvalue weighted by molar-refractivity contribution is 5.10. The van der Waals surface area contributed by atoms with E-state index in [0.29, 0.717) is 0 Å². The first kappa shape index (κ1) is 10.5. The quantitative estimate of drug-likeness (QED) is 0.643. The molecule has 0 spiro atoms. The maximum Gasteiger partial charge on any atom is 0.0986 e. The average molecular weight is 183 g/mol. The van der Waals surface area contributed by atoms with Crippen LogP contribution in [0.25, 0.3) is 0 Å². The van der Waals surface area contributed by atoms with Gasteiger partial charge in [0.15, 0.2) is 0 Å². The number of hydrogen-bond acceptors (Lipinski definition) is 3. The molecule has 0 aliphatic carbocycles. The van der Waals surface area contributed by atoms with Crippen LogP contribution < -0.4 is 5.32 Å². The van der Waals surface area contributed by atoms with Crippen molar-refractivity contribution in [3.8, 4) is 12.3 Å². The van der Waals surface area contributed by atoms with Crippen molar-refractivity contribution in [3.05, 3.63) is 0 Å². The van der Waals surface area contributed by atoms with Gasteiger partial charge in [-0.3, -0.25) is 0 Å². The minimum atomic E-state index is -0.234. The minimum Gasteiger partial charge on any atom is -0.381 e. The van der Waals surface area contributed by atoms with E-state index >= 15 is 0 Å². The number of likely N-dealkylation sites (N-methyl/N-ethyl adjacent to an activating group) is 1. The van der Waals surface area contributed by atoms with Gasteiger partial charge in [-0.15, -0.1) is 6.42 Å². The number of ether oxygens (including phenoxy) is 2. The van der Waals surface area contributed by atoms with Crippen LogP contribution in [0.3, 0.4) is 0 Å². The Bertz CT molecular complexity index is 192. The summed E-state index contributed by atoms with van der Waals surface area (Å²) in [5.41, 5.74) is -0.234. The molecule has 1 rings (SSSR count). The molecule has 74 valence electrons. The lowest BCUT2D eigenvalue weighted by Crippen LogP contribution is -2.53. The highest BCUT2D eigenvalue weighted by Crippen LogP contribution is 2.27. The Morgan fingerprint density at radius 2 is 2.15 bits per heavy atom. The van der Waals surface area contributed by atoms with Crippen molar-refractivity contribution >= 4 is 0 Å². The lowest BCUT2D eigenvalue weighted by molar-refractivity contribution is -0.0988. The smallest absolute Gasteiger partial charge is 0.0986 e. The molecule has 0 bridgehead atoms. The normalized spacial score (nSPS) is 23.5. The fourth-order valence-corrected chi connectivity index (χ4v) is 1.83. The summed E-state index contributed by atoms with van der Waals surface area (Å²) in [7, 11) is 3.58. The fraction of sp³-hybridized carbons (Fsp3) is 0.800. The predicted octanol–water partition coefficient (Wildman–Crippen LogP) is 0.403. The van der Waals surface area contributed by atoms with Gasteiger partial charge in [0.1, 0.15) is 0 Å². The Morgan fingerprint density at radius 1 is 1.54 bits per heavy atom. The van der Waals surface area contributed by atoms with Crippen LogP contribution in [0.1, 0.15) is 12.8 Å². The molecule has 0 amide bonds. The number of rotatable bonds is 3. The van der Waals surface area contributed by atoms with E-state index in [-0.39, 0.29) is 11.6 Å². The van der Waals surface area contributed by atoms with Gasteiger partial charge in [-0.1, -0.05) is 5.92 Å². The van der Waals surface area contributed by atoms with E-state index < -0.39 is 0 Å². The summed E-state index contributed by atoms with van der Waals surface area (Å²) in [5.74, 6) is 2.72. The van der Waals surface area contributed by atoms with Gasteiger partial charge in [-0.25, -0.2) is 0 Å².